The zero-order valence-electron chi connectivity index (χ0n) is 14.1. The van der Waals surface area contributed by atoms with Crippen LogP contribution in [0.2, 0.25) is 0 Å². The van der Waals surface area contributed by atoms with Crippen molar-refractivity contribution in [2.45, 2.75) is 25.7 Å². The van der Waals surface area contributed by atoms with Crippen molar-refractivity contribution in [3.05, 3.63) is 59.7 Å². The third-order valence-corrected chi connectivity index (χ3v) is 5.38. The zero-order valence-corrected chi connectivity index (χ0v) is 14.1. The van der Waals surface area contributed by atoms with E-state index in [9.17, 15) is 4.79 Å². The molecule has 4 rings (SSSR count). The molecule has 2 aromatic rings. The van der Waals surface area contributed by atoms with Crippen molar-refractivity contribution in [2.75, 3.05) is 19.7 Å². The van der Waals surface area contributed by atoms with E-state index in [0.717, 1.165) is 25.9 Å². The number of carbonyl (C=O) groups excluding carboxylic acids is 1. The Labute approximate surface area is 143 Å². The largest absolute Gasteiger partial charge is 0.448 e. The van der Waals surface area contributed by atoms with Crippen molar-refractivity contribution < 1.29 is 9.53 Å². The zero-order chi connectivity index (χ0) is 16.5. The SMILES string of the molecule is CC1CCN(C(=O)OCC2c3ccccc3-c3ccccc32)CC1. The van der Waals surface area contributed by atoms with Gasteiger partial charge in [-0.1, -0.05) is 55.5 Å². The van der Waals surface area contributed by atoms with Gasteiger partial charge in [0.1, 0.15) is 6.61 Å². The molecule has 0 bridgehead atoms. The minimum Gasteiger partial charge on any atom is -0.448 e. The van der Waals surface area contributed by atoms with Gasteiger partial charge in [-0.2, -0.15) is 0 Å². The van der Waals surface area contributed by atoms with Gasteiger partial charge in [-0.25, -0.2) is 4.79 Å². The molecule has 0 radical (unpaired) electrons. The lowest BCUT2D eigenvalue weighted by atomic mass is 9.98. The van der Waals surface area contributed by atoms with Crippen LogP contribution in [0.25, 0.3) is 11.1 Å². The van der Waals surface area contributed by atoms with Gasteiger partial charge >= 0.3 is 6.09 Å². The van der Waals surface area contributed by atoms with Crippen LogP contribution < -0.4 is 0 Å². The first kappa shape index (κ1) is 15.3. The summed E-state index contributed by atoms with van der Waals surface area (Å²) in [6, 6.07) is 16.9. The Morgan fingerprint density at radius 2 is 1.54 bits per heavy atom. The highest BCUT2D eigenvalue weighted by atomic mass is 16.6. The van der Waals surface area contributed by atoms with Crippen molar-refractivity contribution in [3.8, 4) is 11.1 Å². The molecule has 2 aromatic carbocycles. The molecule has 1 heterocycles. The van der Waals surface area contributed by atoms with Crippen molar-refractivity contribution in [3.63, 3.8) is 0 Å². The van der Waals surface area contributed by atoms with E-state index in [1.807, 2.05) is 4.90 Å². The van der Waals surface area contributed by atoms with Gasteiger partial charge < -0.3 is 9.64 Å². The van der Waals surface area contributed by atoms with E-state index in [0.29, 0.717) is 12.5 Å². The van der Waals surface area contributed by atoms with Crippen molar-refractivity contribution in [1.82, 2.24) is 4.90 Å². The first-order chi connectivity index (χ1) is 11.7. The summed E-state index contributed by atoms with van der Waals surface area (Å²) in [5.74, 6) is 0.854. The first-order valence-electron chi connectivity index (χ1n) is 8.84. The molecule has 124 valence electrons. The second kappa shape index (κ2) is 6.31. The summed E-state index contributed by atoms with van der Waals surface area (Å²) in [5, 5.41) is 0. The molecule has 1 aliphatic carbocycles. The Morgan fingerprint density at radius 1 is 1.00 bits per heavy atom. The highest BCUT2D eigenvalue weighted by Crippen LogP contribution is 2.44. The lowest BCUT2D eigenvalue weighted by Gasteiger charge is -2.30. The Kier molecular flexibility index (Phi) is 4.01. The molecule has 24 heavy (non-hydrogen) atoms. The van der Waals surface area contributed by atoms with Crippen LogP contribution in [0.5, 0.6) is 0 Å². The molecule has 0 atom stereocenters. The minimum absolute atomic E-state index is 0.144. The lowest BCUT2D eigenvalue weighted by Crippen LogP contribution is -2.38. The van der Waals surface area contributed by atoms with E-state index in [-0.39, 0.29) is 12.0 Å². The molecule has 1 fully saturated rings. The Bertz CT molecular complexity index is 702. The summed E-state index contributed by atoms with van der Waals surface area (Å²) in [5.41, 5.74) is 5.06. The Hall–Kier alpha value is -2.29. The van der Waals surface area contributed by atoms with Crippen LogP contribution in [-0.4, -0.2) is 30.7 Å². The predicted molar refractivity (Wildman–Crippen MR) is 95.0 cm³/mol. The number of hydrogen-bond donors (Lipinski definition) is 0. The van der Waals surface area contributed by atoms with Crippen molar-refractivity contribution in [2.24, 2.45) is 5.92 Å². The van der Waals surface area contributed by atoms with Gasteiger partial charge in [0.15, 0.2) is 0 Å². The molecular formula is C21H23NO2. The van der Waals surface area contributed by atoms with Gasteiger partial charge in [0.25, 0.3) is 0 Å². The Morgan fingerprint density at radius 3 is 2.12 bits per heavy atom. The third kappa shape index (κ3) is 2.68. The van der Waals surface area contributed by atoms with Gasteiger partial charge in [0, 0.05) is 19.0 Å². The molecule has 3 nitrogen and oxygen atoms in total. The topological polar surface area (TPSA) is 29.5 Å². The number of fused-ring (bicyclic) bond motifs is 3. The molecule has 1 amide bonds. The van der Waals surface area contributed by atoms with Gasteiger partial charge in [0.05, 0.1) is 0 Å². The number of ether oxygens (including phenoxy) is 1. The summed E-state index contributed by atoms with van der Waals surface area (Å²) < 4.78 is 5.70. The number of piperidine rings is 1. The van der Waals surface area contributed by atoms with E-state index in [1.54, 1.807) is 0 Å². The lowest BCUT2D eigenvalue weighted by molar-refractivity contribution is 0.0870. The van der Waals surface area contributed by atoms with Crippen LogP contribution in [0.3, 0.4) is 0 Å². The van der Waals surface area contributed by atoms with E-state index >= 15 is 0 Å². The molecule has 0 spiro atoms. The van der Waals surface area contributed by atoms with Crippen LogP contribution in [0.15, 0.2) is 48.5 Å². The van der Waals surface area contributed by atoms with Gasteiger partial charge in [-0.3, -0.25) is 0 Å². The summed E-state index contributed by atoms with van der Waals surface area (Å²) in [4.78, 5) is 14.2. The van der Waals surface area contributed by atoms with Crippen molar-refractivity contribution in [1.29, 1.82) is 0 Å². The summed E-state index contributed by atoms with van der Waals surface area (Å²) in [6.07, 6.45) is 1.98. The van der Waals surface area contributed by atoms with Gasteiger partial charge in [-0.15, -0.1) is 0 Å². The quantitative estimate of drug-likeness (QED) is 0.804. The first-order valence-corrected chi connectivity index (χ1v) is 8.84. The molecule has 1 saturated heterocycles. The predicted octanol–water partition coefficient (Wildman–Crippen LogP) is 4.67. The van der Waals surface area contributed by atoms with E-state index in [1.165, 1.54) is 22.3 Å². The van der Waals surface area contributed by atoms with Crippen LogP contribution in [0.1, 0.15) is 36.8 Å². The fourth-order valence-electron chi connectivity index (χ4n) is 3.88. The van der Waals surface area contributed by atoms with Crippen LogP contribution in [0, 0.1) is 5.92 Å². The van der Waals surface area contributed by atoms with E-state index < -0.39 is 0 Å². The second-order valence-corrected chi connectivity index (χ2v) is 6.97. The normalized spacial score (nSPS) is 17.5. The number of rotatable bonds is 2. The van der Waals surface area contributed by atoms with Gasteiger partial charge in [-0.05, 0) is 41.0 Å². The van der Waals surface area contributed by atoms with Crippen molar-refractivity contribution >= 4 is 6.09 Å². The number of hydrogen-bond acceptors (Lipinski definition) is 2. The van der Waals surface area contributed by atoms with Crippen LogP contribution in [-0.2, 0) is 4.74 Å². The molecule has 0 N–H and O–H groups in total. The fourth-order valence-corrected chi connectivity index (χ4v) is 3.88. The standard InChI is InChI=1S/C21H23NO2/c1-15-10-12-22(13-11-15)21(23)24-14-20-18-8-4-2-6-16(18)17-7-3-5-9-19(17)20/h2-9,15,20H,10-14H2,1H3. The van der Waals surface area contributed by atoms with Gasteiger partial charge in [0.2, 0.25) is 0 Å². The summed E-state index contributed by atoms with van der Waals surface area (Å²) >= 11 is 0. The Balaban J connectivity index is 1.50. The highest BCUT2D eigenvalue weighted by molar-refractivity contribution is 5.79. The molecule has 3 heteroatoms. The maximum absolute atomic E-state index is 12.4. The molecule has 2 aliphatic rings. The summed E-state index contributed by atoms with van der Waals surface area (Å²) in [6.45, 7) is 4.30. The molecular weight excluding hydrogens is 298 g/mol. The maximum Gasteiger partial charge on any atom is 0.409 e. The monoisotopic (exact) mass is 321 g/mol. The number of likely N-dealkylation sites (tertiary alicyclic amines) is 1. The van der Waals surface area contributed by atoms with Crippen LogP contribution >= 0.6 is 0 Å². The molecule has 0 unspecified atom stereocenters. The van der Waals surface area contributed by atoms with Crippen LogP contribution in [0.4, 0.5) is 4.79 Å². The smallest absolute Gasteiger partial charge is 0.409 e. The molecule has 0 aromatic heterocycles. The number of amides is 1. The average molecular weight is 321 g/mol. The summed E-state index contributed by atoms with van der Waals surface area (Å²) in [7, 11) is 0. The number of benzene rings is 2. The molecule has 0 saturated carbocycles. The third-order valence-electron chi connectivity index (χ3n) is 5.38. The average Bonchev–Trinajstić information content (AvgIpc) is 2.94. The van der Waals surface area contributed by atoms with E-state index in [2.05, 4.69) is 55.5 Å². The number of carbonyl (C=O) groups is 1. The second-order valence-electron chi connectivity index (χ2n) is 6.97. The fraction of sp³-hybridized carbons (Fsp3) is 0.381. The number of nitrogens with zero attached hydrogens (tertiary/aromatic N) is 1. The highest BCUT2D eigenvalue weighted by Gasteiger charge is 2.30. The van der Waals surface area contributed by atoms with E-state index in [4.69, 9.17) is 4.74 Å². The molecule has 1 aliphatic heterocycles. The minimum atomic E-state index is -0.163. The maximum atomic E-state index is 12.4.